The predicted octanol–water partition coefficient (Wildman–Crippen LogP) is 2.99. The number of hydrogen-bond donors (Lipinski definition) is 1. The maximum absolute atomic E-state index is 6.00. The molecule has 1 nitrogen and oxygen atoms in total. The highest BCUT2D eigenvalue weighted by Gasteiger charge is 2.19. The van der Waals surface area contributed by atoms with E-state index in [-0.39, 0.29) is 5.54 Å². The molecule has 0 aliphatic heterocycles. The van der Waals surface area contributed by atoms with Gasteiger partial charge in [0.15, 0.2) is 0 Å². The first-order chi connectivity index (χ1) is 5.06. The van der Waals surface area contributed by atoms with Crippen molar-refractivity contribution in [2.75, 3.05) is 0 Å². The Bertz CT molecular complexity index is 242. The van der Waals surface area contributed by atoms with Crippen LogP contribution < -0.4 is 5.73 Å². The Morgan fingerprint density at radius 3 is 2.64 bits per heavy atom. The van der Waals surface area contributed by atoms with Crippen molar-refractivity contribution >= 4 is 22.9 Å². The molecule has 0 aliphatic rings. The number of hydrogen-bond acceptors (Lipinski definition) is 2. The summed E-state index contributed by atoms with van der Waals surface area (Å²) in [5.74, 6) is 0. The summed E-state index contributed by atoms with van der Waals surface area (Å²) in [4.78, 5) is 1.16. The van der Waals surface area contributed by atoms with E-state index in [1.54, 1.807) is 11.3 Å². The highest BCUT2D eigenvalue weighted by molar-refractivity contribution is 7.16. The molecule has 1 unspecified atom stereocenters. The van der Waals surface area contributed by atoms with Crippen LogP contribution in [0.1, 0.15) is 25.1 Å². The Morgan fingerprint density at radius 2 is 2.27 bits per heavy atom. The third-order valence-corrected chi connectivity index (χ3v) is 3.38. The SMILES string of the molecule is CCC(C)(N)c1ccc(Cl)s1. The monoisotopic (exact) mass is 189 g/mol. The van der Waals surface area contributed by atoms with Gasteiger partial charge in [0.2, 0.25) is 0 Å². The predicted molar refractivity (Wildman–Crippen MR) is 51.2 cm³/mol. The average molecular weight is 190 g/mol. The molecule has 1 rings (SSSR count). The molecule has 3 heteroatoms. The molecule has 0 fully saturated rings. The van der Waals surface area contributed by atoms with E-state index in [9.17, 15) is 0 Å². The molecule has 0 saturated heterocycles. The Kier molecular flexibility index (Phi) is 2.58. The molecule has 0 radical (unpaired) electrons. The summed E-state index contributed by atoms with van der Waals surface area (Å²) in [6, 6.07) is 3.89. The van der Waals surface area contributed by atoms with Crippen molar-refractivity contribution in [3.63, 3.8) is 0 Å². The largest absolute Gasteiger partial charge is 0.321 e. The lowest BCUT2D eigenvalue weighted by Gasteiger charge is -2.20. The molecule has 1 aromatic heterocycles. The van der Waals surface area contributed by atoms with Gasteiger partial charge in [0, 0.05) is 10.4 Å². The van der Waals surface area contributed by atoms with Crippen LogP contribution in [0.25, 0.3) is 0 Å². The van der Waals surface area contributed by atoms with Gasteiger partial charge in [-0.25, -0.2) is 0 Å². The molecule has 0 bridgehead atoms. The van der Waals surface area contributed by atoms with Crippen LogP contribution in [-0.2, 0) is 5.54 Å². The first-order valence-corrected chi connectivity index (χ1v) is 4.80. The second-order valence-electron chi connectivity index (χ2n) is 2.87. The summed E-state index contributed by atoms with van der Waals surface area (Å²) in [5.41, 5.74) is 5.79. The van der Waals surface area contributed by atoms with Crippen LogP contribution >= 0.6 is 22.9 Å². The minimum atomic E-state index is -0.211. The van der Waals surface area contributed by atoms with E-state index < -0.39 is 0 Å². The summed E-state index contributed by atoms with van der Waals surface area (Å²) in [7, 11) is 0. The molecule has 0 aromatic carbocycles. The second kappa shape index (κ2) is 3.13. The number of halogens is 1. The van der Waals surface area contributed by atoms with Gasteiger partial charge >= 0.3 is 0 Å². The maximum Gasteiger partial charge on any atom is 0.0931 e. The normalized spacial score (nSPS) is 16.4. The summed E-state index contributed by atoms with van der Waals surface area (Å²) in [5, 5.41) is 0. The maximum atomic E-state index is 6.00. The Morgan fingerprint density at radius 1 is 1.64 bits per heavy atom. The lowest BCUT2D eigenvalue weighted by Crippen LogP contribution is -2.30. The molecular weight excluding hydrogens is 178 g/mol. The van der Waals surface area contributed by atoms with Crippen LogP contribution in [0.5, 0.6) is 0 Å². The van der Waals surface area contributed by atoms with Crippen LogP contribution in [0.3, 0.4) is 0 Å². The molecule has 0 saturated carbocycles. The van der Waals surface area contributed by atoms with Gasteiger partial charge in [-0.2, -0.15) is 0 Å². The molecule has 0 aliphatic carbocycles. The molecule has 11 heavy (non-hydrogen) atoms. The number of rotatable bonds is 2. The zero-order chi connectivity index (χ0) is 8.48. The average Bonchev–Trinajstić information content (AvgIpc) is 2.36. The quantitative estimate of drug-likeness (QED) is 0.761. The van der Waals surface area contributed by atoms with Crippen molar-refractivity contribution in [2.45, 2.75) is 25.8 Å². The van der Waals surface area contributed by atoms with Gasteiger partial charge in [0.05, 0.1) is 4.34 Å². The van der Waals surface area contributed by atoms with Crippen molar-refractivity contribution in [3.8, 4) is 0 Å². The van der Waals surface area contributed by atoms with Crippen molar-refractivity contribution in [3.05, 3.63) is 21.3 Å². The molecule has 0 spiro atoms. The van der Waals surface area contributed by atoms with Gasteiger partial charge in [-0.3, -0.25) is 0 Å². The third-order valence-electron chi connectivity index (χ3n) is 1.87. The Hall–Kier alpha value is -0.0500. The smallest absolute Gasteiger partial charge is 0.0931 e. The molecule has 1 heterocycles. The van der Waals surface area contributed by atoms with Crippen molar-refractivity contribution in [1.82, 2.24) is 0 Å². The van der Waals surface area contributed by atoms with Gasteiger partial charge < -0.3 is 5.73 Å². The minimum absolute atomic E-state index is 0.211. The molecular formula is C8H12ClNS. The van der Waals surface area contributed by atoms with Crippen molar-refractivity contribution in [1.29, 1.82) is 0 Å². The molecule has 1 aromatic rings. The van der Waals surface area contributed by atoms with E-state index in [0.29, 0.717) is 0 Å². The van der Waals surface area contributed by atoms with E-state index in [0.717, 1.165) is 15.6 Å². The first kappa shape index (κ1) is 9.04. The van der Waals surface area contributed by atoms with Gasteiger partial charge in [0.25, 0.3) is 0 Å². The minimum Gasteiger partial charge on any atom is -0.321 e. The van der Waals surface area contributed by atoms with Crippen LogP contribution in [-0.4, -0.2) is 0 Å². The second-order valence-corrected chi connectivity index (χ2v) is 4.59. The third kappa shape index (κ3) is 1.95. The zero-order valence-corrected chi connectivity index (χ0v) is 8.30. The number of nitrogens with two attached hydrogens (primary N) is 1. The topological polar surface area (TPSA) is 26.0 Å². The first-order valence-electron chi connectivity index (χ1n) is 3.61. The lowest BCUT2D eigenvalue weighted by molar-refractivity contribution is 0.486. The highest BCUT2D eigenvalue weighted by Crippen LogP contribution is 2.30. The van der Waals surface area contributed by atoms with E-state index in [4.69, 9.17) is 17.3 Å². The highest BCUT2D eigenvalue weighted by atomic mass is 35.5. The summed E-state index contributed by atoms with van der Waals surface area (Å²) >= 11 is 7.35. The van der Waals surface area contributed by atoms with Crippen LogP contribution in [0.15, 0.2) is 12.1 Å². The van der Waals surface area contributed by atoms with E-state index >= 15 is 0 Å². The molecule has 2 N–H and O–H groups in total. The van der Waals surface area contributed by atoms with Gasteiger partial charge in [0.1, 0.15) is 0 Å². The van der Waals surface area contributed by atoms with Crippen LogP contribution in [0, 0.1) is 0 Å². The zero-order valence-electron chi connectivity index (χ0n) is 6.73. The van der Waals surface area contributed by atoms with Crippen molar-refractivity contribution in [2.24, 2.45) is 5.73 Å². The fourth-order valence-corrected chi connectivity index (χ4v) is 1.97. The molecule has 1 atom stereocenters. The van der Waals surface area contributed by atoms with E-state index in [2.05, 4.69) is 6.92 Å². The standard InChI is InChI=1S/C8H12ClNS/c1-3-8(2,10)6-4-5-7(9)11-6/h4-5H,3,10H2,1-2H3. The summed E-state index contributed by atoms with van der Waals surface area (Å²) in [6.07, 6.45) is 0.934. The van der Waals surface area contributed by atoms with Crippen LogP contribution in [0.4, 0.5) is 0 Å². The fraction of sp³-hybridized carbons (Fsp3) is 0.500. The fourth-order valence-electron chi connectivity index (χ4n) is 0.795. The number of thiophene rings is 1. The van der Waals surface area contributed by atoms with E-state index in [1.165, 1.54) is 0 Å². The Balaban J connectivity index is 2.92. The van der Waals surface area contributed by atoms with Gasteiger partial charge in [-0.15, -0.1) is 11.3 Å². The summed E-state index contributed by atoms with van der Waals surface area (Å²) in [6.45, 7) is 4.10. The van der Waals surface area contributed by atoms with Gasteiger partial charge in [-0.1, -0.05) is 18.5 Å². The van der Waals surface area contributed by atoms with Crippen molar-refractivity contribution < 1.29 is 0 Å². The Labute approximate surface area is 76.2 Å². The molecule has 0 amide bonds. The van der Waals surface area contributed by atoms with Gasteiger partial charge in [-0.05, 0) is 25.5 Å². The van der Waals surface area contributed by atoms with Crippen LogP contribution in [0.2, 0.25) is 4.34 Å². The lowest BCUT2D eigenvalue weighted by atomic mass is 9.99. The summed E-state index contributed by atoms with van der Waals surface area (Å²) < 4.78 is 0.810. The van der Waals surface area contributed by atoms with E-state index in [1.807, 2.05) is 19.1 Å². The molecule has 62 valence electrons.